The van der Waals surface area contributed by atoms with Gasteiger partial charge in [0.05, 0.1) is 24.2 Å². The molecule has 0 fully saturated rings. The van der Waals surface area contributed by atoms with Gasteiger partial charge in [-0.25, -0.2) is 4.98 Å². The van der Waals surface area contributed by atoms with Gasteiger partial charge in [0.15, 0.2) is 0 Å². The van der Waals surface area contributed by atoms with Crippen molar-refractivity contribution in [2.75, 3.05) is 12.4 Å². The number of rotatable bonds is 5. The molecule has 0 saturated carbocycles. The van der Waals surface area contributed by atoms with Crippen LogP contribution in [-0.4, -0.2) is 18.0 Å². The van der Waals surface area contributed by atoms with Crippen molar-refractivity contribution in [1.82, 2.24) is 4.98 Å². The van der Waals surface area contributed by atoms with E-state index in [1.54, 1.807) is 25.1 Å². The first-order valence-corrected chi connectivity index (χ1v) is 8.09. The molecule has 0 radical (unpaired) electrons. The van der Waals surface area contributed by atoms with Crippen molar-refractivity contribution in [2.24, 2.45) is 0 Å². The molecule has 2 aromatic carbocycles. The summed E-state index contributed by atoms with van der Waals surface area (Å²) in [4.78, 5) is 16.7. The second-order valence-corrected chi connectivity index (χ2v) is 5.87. The number of aromatic nitrogens is 1. The lowest BCUT2D eigenvalue weighted by molar-refractivity contribution is -0.115. The van der Waals surface area contributed by atoms with Gasteiger partial charge in [-0.1, -0.05) is 29.8 Å². The number of carbonyl (C=O) groups excluding carboxylic acids is 1. The average molecular weight is 357 g/mol. The quantitative estimate of drug-likeness (QED) is 0.731. The van der Waals surface area contributed by atoms with Crippen molar-refractivity contribution in [3.05, 3.63) is 65.0 Å². The topological polar surface area (TPSA) is 64.4 Å². The molecule has 25 heavy (non-hydrogen) atoms. The number of aryl methyl sites for hydroxylation is 1. The van der Waals surface area contributed by atoms with Crippen LogP contribution in [0.15, 0.2) is 52.9 Å². The van der Waals surface area contributed by atoms with E-state index in [0.717, 1.165) is 5.56 Å². The van der Waals surface area contributed by atoms with Gasteiger partial charge in [-0.2, -0.15) is 0 Å². The lowest BCUT2D eigenvalue weighted by Gasteiger charge is -2.07. The third-order valence-corrected chi connectivity index (χ3v) is 3.97. The second kappa shape index (κ2) is 7.40. The number of anilines is 1. The molecule has 1 heterocycles. The Hall–Kier alpha value is -2.79. The Morgan fingerprint density at radius 2 is 2.00 bits per heavy atom. The van der Waals surface area contributed by atoms with Crippen LogP contribution >= 0.6 is 11.6 Å². The summed E-state index contributed by atoms with van der Waals surface area (Å²) in [6.07, 6.45) is 0.117. The number of benzene rings is 2. The number of hydrogen-bond acceptors (Lipinski definition) is 4. The third-order valence-electron chi connectivity index (χ3n) is 3.68. The van der Waals surface area contributed by atoms with Crippen LogP contribution in [0.5, 0.6) is 5.75 Å². The van der Waals surface area contributed by atoms with Crippen molar-refractivity contribution in [2.45, 2.75) is 13.3 Å². The van der Waals surface area contributed by atoms with E-state index in [1.165, 1.54) is 7.11 Å². The molecule has 1 aromatic heterocycles. The molecule has 128 valence electrons. The SMILES string of the molecule is COc1ccc(NC(=O)Cc2nc(-c3ccccc3)oc2C)cc1Cl. The maximum Gasteiger partial charge on any atom is 0.230 e. The zero-order valence-corrected chi connectivity index (χ0v) is 14.6. The highest BCUT2D eigenvalue weighted by Crippen LogP contribution is 2.27. The Morgan fingerprint density at radius 3 is 2.68 bits per heavy atom. The summed E-state index contributed by atoms with van der Waals surface area (Å²) < 4.78 is 10.8. The van der Waals surface area contributed by atoms with Crippen LogP contribution in [0, 0.1) is 6.92 Å². The van der Waals surface area contributed by atoms with E-state index in [4.69, 9.17) is 20.8 Å². The molecule has 0 spiro atoms. The Bertz CT molecular complexity index is 891. The predicted octanol–water partition coefficient (Wildman–Crippen LogP) is 4.49. The van der Waals surface area contributed by atoms with E-state index in [0.29, 0.717) is 33.8 Å². The zero-order chi connectivity index (χ0) is 17.8. The molecule has 5 nitrogen and oxygen atoms in total. The fraction of sp³-hybridized carbons (Fsp3) is 0.158. The van der Waals surface area contributed by atoms with Crippen LogP contribution < -0.4 is 10.1 Å². The lowest BCUT2D eigenvalue weighted by Crippen LogP contribution is -2.15. The molecular formula is C19H17ClN2O3. The maximum atomic E-state index is 12.3. The summed E-state index contributed by atoms with van der Waals surface area (Å²) in [5.41, 5.74) is 2.08. The summed E-state index contributed by atoms with van der Waals surface area (Å²) in [7, 11) is 1.54. The Labute approximate surface area is 150 Å². The van der Waals surface area contributed by atoms with Gasteiger partial charge in [0.1, 0.15) is 11.5 Å². The number of oxazole rings is 1. The minimum Gasteiger partial charge on any atom is -0.495 e. The van der Waals surface area contributed by atoms with Crippen LogP contribution in [0.4, 0.5) is 5.69 Å². The van der Waals surface area contributed by atoms with Gasteiger partial charge >= 0.3 is 0 Å². The molecule has 0 unspecified atom stereocenters. The first kappa shape index (κ1) is 17.0. The van der Waals surface area contributed by atoms with Gasteiger partial charge in [0, 0.05) is 11.3 Å². The van der Waals surface area contributed by atoms with Crippen LogP contribution in [0.1, 0.15) is 11.5 Å². The number of nitrogens with one attached hydrogen (secondary N) is 1. The van der Waals surface area contributed by atoms with Gasteiger partial charge < -0.3 is 14.5 Å². The van der Waals surface area contributed by atoms with E-state index < -0.39 is 0 Å². The van der Waals surface area contributed by atoms with Gasteiger partial charge in [-0.05, 0) is 37.3 Å². The molecule has 1 amide bonds. The standard InChI is InChI=1S/C19H17ClN2O3/c1-12-16(22-19(25-12)13-6-4-3-5-7-13)11-18(23)21-14-8-9-17(24-2)15(20)10-14/h3-10H,11H2,1-2H3,(H,21,23). The highest BCUT2D eigenvalue weighted by molar-refractivity contribution is 6.32. The predicted molar refractivity (Wildman–Crippen MR) is 97.0 cm³/mol. The van der Waals surface area contributed by atoms with Crippen LogP contribution in [-0.2, 0) is 11.2 Å². The van der Waals surface area contributed by atoms with Gasteiger partial charge in [0.25, 0.3) is 0 Å². The van der Waals surface area contributed by atoms with E-state index >= 15 is 0 Å². The molecule has 0 aliphatic rings. The number of amides is 1. The van der Waals surface area contributed by atoms with Crippen molar-refractivity contribution in [3.63, 3.8) is 0 Å². The molecule has 1 N–H and O–H groups in total. The monoisotopic (exact) mass is 356 g/mol. The minimum absolute atomic E-state index is 0.117. The normalized spacial score (nSPS) is 10.5. The maximum absolute atomic E-state index is 12.3. The van der Waals surface area contributed by atoms with Crippen molar-refractivity contribution >= 4 is 23.2 Å². The number of ether oxygens (including phenoxy) is 1. The van der Waals surface area contributed by atoms with E-state index in [1.807, 2.05) is 30.3 Å². The number of carbonyl (C=O) groups is 1. The van der Waals surface area contributed by atoms with Crippen molar-refractivity contribution < 1.29 is 13.9 Å². The van der Waals surface area contributed by atoms with E-state index in [9.17, 15) is 4.79 Å². The molecule has 0 atom stereocenters. The lowest BCUT2D eigenvalue weighted by atomic mass is 10.2. The molecule has 0 saturated heterocycles. The van der Waals surface area contributed by atoms with Crippen molar-refractivity contribution in [3.8, 4) is 17.2 Å². The highest BCUT2D eigenvalue weighted by Gasteiger charge is 2.15. The van der Waals surface area contributed by atoms with Gasteiger partial charge in [0.2, 0.25) is 11.8 Å². The van der Waals surface area contributed by atoms with Crippen LogP contribution in [0.2, 0.25) is 5.02 Å². The highest BCUT2D eigenvalue weighted by atomic mass is 35.5. The average Bonchev–Trinajstić information content (AvgIpc) is 2.96. The summed E-state index contributed by atoms with van der Waals surface area (Å²) in [6.45, 7) is 1.80. The fourth-order valence-corrected chi connectivity index (χ4v) is 2.66. The van der Waals surface area contributed by atoms with Crippen LogP contribution in [0.3, 0.4) is 0 Å². The summed E-state index contributed by atoms with van der Waals surface area (Å²) in [5, 5.41) is 3.23. The molecule has 0 bridgehead atoms. The second-order valence-electron chi connectivity index (χ2n) is 5.46. The summed E-state index contributed by atoms with van der Waals surface area (Å²) in [6, 6.07) is 14.6. The largest absolute Gasteiger partial charge is 0.495 e. The number of hydrogen-bond donors (Lipinski definition) is 1. The minimum atomic E-state index is -0.197. The first-order chi connectivity index (χ1) is 12.1. The Kier molecular flexibility index (Phi) is 5.05. The molecule has 0 aliphatic heterocycles. The van der Waals surface area contributed by atoms with Crippen molar-refractivity contribution in [1.29, 1.82) is 0 Å². The molecule has 6 heteroatoms. The van der Waals surface area contributed by atoms with E-state index in [-0.39, 0.29) is 12.3 Å². The number of nitrogens with zero attached hydrogens (tertiary/aromatic N) is 1. The molecule has 0 aliphatic carbocycles. The van der Waals surface area contributed by atoms with Gasteiger partial charge in [-0.15, -0.1) is 0 Å². The first-order valence-electron chi connectivity index (χ1n) is 7.72. The molecule has 3 rings (SSSR count). The van der Waals surface area contributed by atoms with Crippen LogP contribution in [0.25, 0.3) is 11.5 Å². The smallest absolute Gasteiger partial charge is 0.230 e. The van der Waals surface area contributed by atoms with Gasteiger partial charge in [-0.3, -0.25) is 4.79 Å². The zero-order valence-electron chi connectivity index (χ0n) is 13.9. The number of methoxy groups -OCH3 is 1. The number of halogens is 1. The summed E-state index contributed by atoms with van der Waals surface area (Å²) >= 11 is 6.07. The Balaban J connectivity index is 1.71. The fourth-order valence-electron chi connectivity index (χ4n) is 2.40. The van der Waals surface area contributed by atoms with E-state index in [2.05, 4.69) is 10.3 Å². The Morgan fingerprint density at radius 1 is 1.24 bits per heavy atom. The third kappa shape index (κ3) is 4.00. The molecular weight excluding hydrogens is 340 g/mol. The summed E-state index contributed by atoms with van der Waals surface area (Å²) in [5.74, 6) is 1.49. The molecule has 3 aromatic rings.